The van der Waals surface area contributed by atoms with Gasteiger partial charge in [-0.2, -0.15) is 0 Å². The van der Waals surface area contributed by atoms with Gasteiger partial charge in [0.2, 0.25) is 0 Å². The van der Waals surface area contributed by atoms with Crippen molar-refractivity contribution in [3.63, 3.8) is 0 Å². The second-order valence-corrected chi connectivity index (χ2v) is 6.35. The van der Waals surface area contributed by atoms with Crippen LogP contribution >= 0.6 is 20.4 Å². The van der Waals surface area contributed by atoms with Gasteiger partial charge in [-0.1, -0.05) is 48.0 Å². The molecule has 2 aromatic rings. The molecule has 1 N–H and O–H groups in total. The molecule has 1 atom stereocenters. The number of hydrogen-bond acceptors (Lipinski definition) is 4. The van der Waals surface area contributed by atoms with Gasteiger partial charge in [0.1, 0.15) is 6.35 Å². The Morgan fingerprint density at radius 1 is 1.05 bits per heavy atom. The lowest BCUT2D eigenvalue weighted by molar-refractivity contribution is 0.279. The molecule has 106 valence electrons. The Bertz CT molecular complexity index is 504. The summed E-state index contributed by atoms with van der Waals surface area (Å²) in [6, 6.07) is 17.8. The summed E-state index contributed by atoms with van der Waals surface area (Å²) in [5, 5.41) is 0. The fourth-order valence-electron chi connectivity index (χ4n) is 1.49. The highest BCUT2D eigenvalue weighted by Gasteiger charge is 2.06. The number of benzene rings is 2. The highest BCUT2D eigenvalue weighted by atomic mass is 32.2. The van der Waals surface area contributed by atoms with E-state index in [0.717, 1.165) is 10.5 Å². The van der Waals surface area contributed by atoms with Gasteiger partial charge in [0.25, 0.3) is 0 Å². The lowest BCUT2D eigenvalue weighted by atomic mass is 10.2. The smallest absolute Gasteiger partial charge is 0.197 e. The van der Waals surface area contributed by atoms with Crippen LogP contribution in [0.25, 0.3) is 0 Å². The zero-order chi connectivity index (χ0) is 14.2. The SMILES string of the molecule is Cc1ccc(SOCP(O)OCc2ccccc2)cc1. The monoisotopic (exact) mass is 308 g/mol. The van der Waals surface area contributed by atoms with E-state index in [-0.39, 0.29) is 6.35 Å². The maximum absolute atomic E-state index is 9.74. The Kier molecular flexibility index (Phi) is 6.51. The Morgan fingerprint density at radius 3 is 2.45 bits per heavy atom. The molecule has 0 aliphatic carbocycles. The summed E-state index contributed by atoms with van der Waals surface area (Å²) in [6.45, 7) is 2.45. The van der Waals surface area contributed by atoms with Crippen LogP contribution in [0.4, 0.5) is 0 Å². The van der Waals surface area contributed by atoms with Crippen molar-refractivity contribution in [1.82, 2.24) is 0 Å². The van der Waals surface area contributed by atoms with E-state index in [0.29, 0.717) is 6.61 Å². The minimum atomic E-state index is -1.55. The van der Waals surface area contributed by atoms with Crippen molar-refractivity contribution < 1.29 is 13.6 Å². The van der Waals surface area contributed by atoms with E-state index in [9.17, 15) is 4.89 Å². The largest absolute Gasteiger partial charge is 0.348 e. The number of rotatable bonds is 7. The van der Waals surface area contributed by atoms with Crippen molar-refractivity contribution in [3.05, 3.63) is 65.7 Å². The van der Waals surface area contributed by atoms with Crippen molar-refractivity contribution >= 4 is 20.4 Å². The third kappa shape index (κ3) is 5.61. The number of hydrogen-bond donors (Lipinski definition) is 1. The Morgan fingerprint density at radius 2 is 1.75 bits per heavy atom. The Balaban J connectivity index is 1.65. The Labute approximate surface area is 125 Å². The van der Waals surface area contributed by atoms with E-state index in [1.807, 2.05) is 61.5 Å². The van der Waals surface area contributed by atoms with Crippen LogP contribution in [0.2, 0.25) is 0 Å². The Hall–Kier alpha value is -0.900. The summed E-state index contributed by atoms with van der Waals surface area (Å²) in [4.78, 5) is 10.8. The van der Waals surface area contributed by atoms with Crippen LogP contribution in [-0.2, 0) is 15.3 Å². The second kappa shape index (κ2) is 8.40. The minimum absolute atomic E-state index is 0.195. The first kappa shape index (κ1) is 15.5. The average molecular weight is 308 g/mol. The van der Waals surface area contributed by atoms with Gasteiger partial charge in [0.15, 0.2) is 8.38 Å². The average Bonchev–Trinajstić information content (AvgIpc) is 2.48. The molecule has 0 bridgehead atoms. The van der Waals surface area contributed by atoms with Crippen molar-refractivity contribution in [2.24, 2.45) is 0 Å². The van der Waals surface area contributed by atoms with Crippen LogP contribution in [0.1, 0.15) is 11.1 Å². The zero-order valence-electron chi connectivity index (χ0n) is 11.2. The molecule has 0 aliphatic rings. The third-order valence-corrected chi connectivity index (χ3v) is 4.21. The van der Waals surface area contributed by atoms with Crippen LogP contribution in [-0.4, -0.2) is 11.2 Å². The predicted octanol–water partition coefficient (Wildman–Crippen LogP) is 4.50. The summed E-state index contributed by atoms with van der Waals surface area (Å²) in [6.07, 6.45) is 0.195. The molecular weight excluding hydrogens is 291 g/mol. The molecule has 1 unspecified atom stereocenters. The van der Waals surface area contributed by atoms with Gasteiger partial charge in [-0.25, -0.2) is 0 Å². The van der Waals surface area contributed by atoms with Crippen molar-refractivity contribution in [2.45, 2.75) is 18.4 Å². The highest BCUT2D eigenvalue weighted by Crippen LogP contribution is 2.35. The van der Waals surface area contributed by atoms with Crippen LogP contribution in [0.5, 0.6) is 0 Å². The van der Waals surface area contributed by atoms with Crippen LogP contribution < -0.4 is 0 Å². The van der Waals surface area contributed by atoms with Crippen LogP contribution in [0.15, 0.2) is 59.5 Å². The van der Waals surface area contributed by atoms with Gasteiger partial charge in [-0.3, -0.25) is 0 Å². The maximum Gasteiger partial charge on any atom is 0.197 e. The zero-order valence-corrected chi connectivity index (χ0v) is 12.9. The van der Waals surface area contributed by atoms with Gasteiger partial charge >= 0.3 is 0 Å². The molecule has 0 spiro atoms. The van der Waals surface area contributed by atoms with Gasteiger partial charge in [-0.05, 0) is 24.6 Å². The third-order valence-electron chi connectivity index (χ3n) is 2.56. The molecule has 0 amide bonds. The molecule has 3 nitrogen and oxygen atoms in total. The van der Waals surface area contributed by atoms with Gasteiger partial charge in [0, 0.05) is 16.9 Å². The molecule has 2 rings (SSSR count). The lowest BCUT2D eigenvalue weighted by Crippen LogP contribution is -1.92. The molecule has 2 aromatic carbocycles. The molecule has 0 aliphatic heterocycles. The fourth-order valence-corrected chi connectivity index (χ4v) is 2.82. The molecule has 0 radical (unpaired) electrons. The van der Waals surface area contributed by atoms with E-state index >= 15 is 0 Å². The second-order valence-electron chi connectivity index (χ2n) is 4.25. The van der Waals surface area contributed by atoms with Gasteiger partial charge < -0.3 is 13.6 Å². The lowest BCUT2D eigenvalue weighted by Gasteiger charge is -2.10. The molecule has 0 fully saturated rings. The molecule has 0 aromatic heterocycles. The van der Waals surface area contributed by atoms with E-state index in [1.165, 1.54) is 17.6 Å². The van der Waals surface area contributed by atoms with Gasteiger partial charge in [-0.15, -0.1) is 0 Å². The highest BCUT2D eigenvalue weighted by molar-refractivity contribution is 7.94. The van der Waals surface area contributed by atoms with Crippen LogP contribution in [0, 0.1) is 6.92 Å². The summed E-state index contributed by atoms with van der Waals surface area (Å²) in [5.41, 5.74) is 2.25. The molecule has 0 saturated carbocycles. The molecule has 0 saturated heterocycles. The summed E-state index contributed by atoms with van der Waals surface area (Å²) in [5.74, 6) is 0. The first-order valence-corrected chi connectivity index (χ1v) is 8.37. The summed E-state index contributed by atoms with van der Waals surface area (Å²) >= 11 is 1.26. The van der Waals surface area contributed by atoms with Crippen LogP contribution in [0.3, 0.4) is 0 Å². The summed E-state index contributed by atoms with van der Waals surface area (Å²) < 4.78 is 10.7. The van der Waals surface area contributed by atoms with Crippen molar-refractivity contribution in [2.75, 3.05) is 6.35 Å². The van der Waals surface area contributed by atoms with E-state index in [2.05, 4.69) is 0 Å². The van der Waals surface area contributed by atoms with E-state index in [4.69, 9.17) is 8.71 Å². The van der Waals surface area contributed by atoms with Crippen molar-refractivity contribution in [1.29, 1.82) is 0 Å². The summed E-state index contributed by atoms with van der Waals surface area (Å²) in [7, 11) is -1.55. The quantitative estimate of drug-likeness (QED) is 0.604. The fraction of sp³-hybridized carbons (Fsp3) is 0.200. The van der Waals surface area contributed by atoms with E-state index in [1.54, 1.807) is 0 Å². The van der Waals surface area contributed by atoms with E-state index < -0.39 is 8.38 Å². The molecule has 0 heterocycles. The normalized spacial score (nSPS) is 12.3. The minimum Gasteiger partial charge on any atom is -0.348 e. The first-order chi connectivity index (χ1) is 9.74. The topological polar surface area (TPSA) is 38.7 Å². The maximum atomic E-state index is 9.74. The standard InChI is InChI=1S/C15H17O3PS/c1-13-7-9-15(10-8-13)20-18-12-19(16)17-11-14-5-3-2-4-6-14/h2-10,16H,11-12H2,1H3. The molecule has 5 heteroatoms. The predicted molar refractivity (Wildman–Crippen MR) is 83.4 cm³/mol. The molecule has 20 heavy (non-hydrogen) atoms. The molecular formula is C15H17O3PS. The van der Waals surface area contributed by atoms with Gasteiger partial charge in [0.05, 0.1) is 6.61 Å². The van der Waals surface area contributed by atoms with Crippen molar-refractivity contribution in [3.8, 4) is 0 Å². The first-order valence-electron chi connectivity index (χ1n) is 6.23. The number of aryl methyl sites for hydroxylation is 1.